The SMILES string of the molecule is CC(C)n1c(=O)n(C)c2nnc(-c3ccccc3)nc21. The Bertz CT molecular complexity index is 817. The third kappa shape index (κ3) is 1.80. The van der Waals surface area contributed by atoms with Crippen molar-refractivity contribution in [3.8, 4) is 11.4 Å². The van der Waals surface area contributed by atoms with Gasteiger partial charge in [-0.25, -0.2) is 9.78 Å². The quantitative estimate of drug-likeness (QED) is 0.711. The summed E-state index contributed by atoms with van der Waals surface area (Å²) in [6, 6.07) is 9.63. The third-order valence-corrected chi connectivity index (χ3v) is 3.24. The first-order chi connectivity index (χ1) is 9.59. The number of aryl methyl sites for hydroxylation is 1. The zero-order chi connectivity index (χ0) is 14.3. The van der Waals surface area contributed by atoms with Crippen LogP contribution in [0.4, 0.5) is 0 Å². The molecule has 3 aromatic rings. The minimum absolute atomic E-state index is 0.0199. The smallest absolute Gasteiger partial charge is 0.277 e. The first-order valence-corrected chi connectivity index (χ1v) is 6.46. The number of aromatic nitrogens is 5. The van der Waals surface area contributed by atoms with Crippen LogP contribution in [0.25, 0.3) is 22.7 Å². The van der Waals surface area contributed by atoms with Crippen molar-refractivity contribution < 1.29 is 0 Å². The van der Waals surface area contributed by atoms with Crippen LogP contribution in [-0.2, 0) is 7.05 Å². The molecule has 0 amide bonds. The minimum atomic E-state index is -0.123. The van der Waals surface area contributed by atoms with E-state index in [4.69, 9.17) is 0 Å². The second-order valence-corrected chi connectivity index (χ2v) is 4.95. The molecule has 2 aromatic heterocycles. The van der Waals surface area contributed by atoms with E-state index in [9.17, 15) is 4.79 Å². The van der Waals surface area contributed by atoms with E-state index in [1.54, 1.807) is 11.6 Å². The van der Waals surface area contributed by atoms with Gasteiger partial charge in [0.15, 0.2) is 11.5 Å². The van der Waals surface area contributed by atoms with Gasteiger partial charge in [-0.1, -0.05) is 30.3 Å². The Balaban J connectivity index is 2.31. The highest BCUT2D eigenvalue weighted by Crippen LogP contribution is 2.17. The number of hydrogen-bond acceptors (Lipinski definition) is 4. The number of fused-ring (bicyclic) bond motifs is 1. The lowest BCUT2D eigenvalue weighted by Crippen LogP contribution is -2.23. The van der Waals surface area contributed by atoms with E-state index in [2.05, 4.69) is 15.2 Å². The van der Waals surface area contributed by atoms with Crippen molar-refractivity contribution in [2.45, 2.75) is 19.9 Å². The standard InChI is InChI=1S/C14H15N5O/c1-9(2)19-12-13(18(3)14(19)20)17-16-11(15-12)10-7-5-4-6-8-10/h4-9H,1-3H3. The summed E-state index contributed by atoms with van der Waals surface area (Å²) >= 11 is 0. The van der Waals surface area contributed by atoms with Crippen LogP contribution in [-0.4, -0.2) is 24.3 Å². The zero-order valence-corrected chi connectivity index (χ0v) is 11.6. The van der Waals surface area contributed by atoms with Gasteiger partial charge in [-0.2, -0.15) is 0 Å². The van der Waals surface area contributed by atoms with Crippen LogP contribution in [0.5, 0.6) is 0 Å². The normalized spacial score (nSPS) is 11.4. The molecule has 0 bridgehead atoms. The molecule has 0 fully saturated rings. The molecule has 0 aliphatic heterocycles. The Morgan fingerprint density at radius 3 is 2.40 bits per heavy atom. The second-order valence-electron chi connectivity index (χ2n) is 4.95. The van der Waals surface area contributed by atoms with E-state index < -0.39 is 0 Å². The molecule has 0 saturated heterocycles. The predicted octanol–water partition coefficient (Wildman–Crippen LogP) is 1.77. The molecule has 0 aliphatic carbocycles. The summed E-state index contributed by atoms with van der Waals surface area (Å²) in [5, 5.41) is 8.27. The summed E-state index contributed by atoms with van der Waals surface area (Å²) in [6.07, 6.45) is 0. The molecule has 0 atom stereocenters. The van der Waals surface area contributed by atoms with Crippen LogP contribution >= 0.6 is 0 Å². The molecular formula is C14H15N5O. The van der Waals surface area contributed by atoms with Gasteiger partial charge >= 0.3 is 5.69 Å². The van der Waals surface area contributed by atoms with E-state index in [1.165, 1.54) is 4.57 Å². The van der Waals surface area contributed by atoms with Gasteiger partial charge < -0.3 is 0 Å². The second kappa shape index (κ2) is 4.56. The number of imidazole rings is 1. The van der Waals surface area contributed by atoms with Crippen LogP contribution in [0, 0.1) is 0 Å². The van der Waals surface area contributed by atoms with E-state index in [0.29, 0.717) is 17.1 Å². The highest BCUT2D eigenvalue weighted by molar-refractivity contribution is 5.69. The monoisotopic (exact) mass is 269 g/mol. The predicted molar refractivity (Wildman–Crippen MR) is 76.4 cm³/mol. The van der Waals surface area contributed by atoms with E-state index in [0.717, 1.165) is 5.56 Å². The number of rotatable bonds is 2. The first-order valence-electron chi connectivity index (χ1n) is 6.46. The summed E-state index contributed by atoms with van der Waals surface area (Å²) in [7, 11) is 1.68. The fourth-order valence-corrected chi connectivity index (χ4v) is 2.21. The maximum atomic E-state index is 12.2. The third-order valence-electron chi connectivity index (χ3n) is 3.24. The summed E-state index contributed by atoms with van der Waals surface area (Å²) in [4.78, 5) is 16.7. The minimum Gasteiger partial charge on any atom is -0.277 e. The molecule has 0 saturated carbocycles. The molecule has 6 heteroatoms. The van der Waals surface area contributed by atoms with Crippen molar-refractivity contribution in [2.24, 2.45) is 7.05 Å². The summed E-state index contributed by atoms with van der Waals surface area (Å²) in [5.74, 6) is 0.526. The van der Waals surface area contributed by atoms with E-state index in [1.807, 2.05) is 44.2 Å². The van der Waals surface area contributed by atoms with Crippen LogP contribution in [0.15, 0.2) is 35.1 Å². The molecular weight excluding hydrogens is 254 g/mol. The summed E-state index contributed by atoms with van der Waals surface area (Å²) in [5.41, 5.74) is 1.83. The lowest BCUT2D eigenvalue weighted by molar-refractivity contribution is 0.579. The molecule has 0 N–H and O–H groups in total. The Kier molecular flexibility index (Phi) is 2.85. The van der Waals surface area contributed by atoms with Gasteiger partial charge in [-0.15, -0.1) is 10.2 Å². The molecule has 20 heavy (non-hydrogen) atoms. The van der Waals surface area contributed by atoms with Gasteiger partial charge in [-0.05, 0) is 13.8 Å². The lowest BCUT2D eigenvalue weighted by atomic mass is 10.2. The molecule has 2 heterocycles. The highest BCUT2D eigenvalue weighted by Gasteiger charge is 2.17. The molecule has 0 aliphatic rings. The Labute approximate surface area is 115 Å². The zero-order valence-electron chi connectivity index (χ0n) is 11.6. The van der Waals surface area contributed by atoms with Crippen molar-refractivity contribution in [1.29, 1.82) is 0 Å². The number of nitrogens with zero attached hydrogens (tertiary/aromatic N) is 5. The Hall–Kier alpha value is -2.50. The van der Waals surface area contributed by atoms with E-state index in [-0.39, 0.29) is 11.7 Å². The average Bonchev–Trinajstić information content (AvgIpc) is 2.71. The Morgan fingerprint density at radius 2 is 1.75 bits per heavy atom. The van der Waals surface area contributed by atoms with Crippen molar-refractivity contribution in [3.63, 3.8) is 0 Å². The van der Waals surface area contributed by atoms with Gasteiger partial charge in [0.25, 0.3) is 0 Å². The van der Waals surface area contributed by atoms with Crippen LogP contribution in [0.1, 0.15) is 19.9 Å². The molecule has 3 rings (SSSR count). The van der Waals surface area contributed by atoms with Gasteiger partial charge in [0.05, 0.1) is 0 Å². The largest absolute Gasteiger partial charge is 0.331 e. The number of benzene rings is 1. The van der Waals surface area contributed by atoms with Gasteiger partial charge in [0.2, 0.25) is 5.65 Å². The highest BCUT2D eigenvalue weighted by atomic mass is 16.1. The van der Waals surface area contributed by atoms with Gasteiger partial charge in [0.1, 0.15) is 0 Å². The molecule has 0 unspecified atom stereocenters. The summed E-state index contributed by atoms with van der Waals surface area (Å²) < 4.78 is 3.11. The van der Waals surface area contributed by atoms with E-state index >= 15 is 0 Å². The van der Waals surface area contributed by atoms with Crippen molar-refractivity contribution in [1.82, 2.24) is 24.3 Å². The fourth-order valence-electron chi connectivity index (χ4n) is 2.21. The average molecular weight is 269 g/mol. The van der Waals surface area contributed by atoms with Crippen LogP contribution < -0.4 is 5.69 Å². The molecule has 0 spiro atoms. The molecule has 1 aromatic carbocycles. The van der Waals surface area contributed by atoms with Gasteiger partial charge in [-0.3, -0.25) is 9.13 Å². The first kappa shape index (κ1) is 12.5. The maximum Gasteiger partial charge on any atom is 0.331 e. The van der Waals surface area contributed by atoms with Crippen molar-refractivity contribution in [3.05, 3.63) is 40.8 Å². The maximum absolute atomic E-state index is 12.2. The number of hydrogen-bond donors (Lipinski definition) is 0. The van der Waals surface area contributed by atoms with Crippen LogP contribution in [0.3, 0.4) is 0 Å². The topological polar surface area (TPSA) is 65.6 Å². The van der Waals surface area contributed by atoms with Crippen molar-refractivity contribution in [2.75, 3.05) is 0 Å². The van der Waals surface area contributed by atoms with Gasteiger partial charge in [0, 0.05) is 18.7 Å². The van der Waals surface area contributed by atoms with Crippen LogP contribution in [0.2, 0.25) is 0 Å². The molecule has 0 radical (unpaired) electrons. The molecule has 6 nitrogen and oxygen atoms in total. The summed E-state index contributed by atoms with van der Waals surface area (Å²) in [6.45, 7) is 3.90. The molecule has 102 valence electrons. The van der Waals surface area contributed by atoms with Crippen molar-refractivity contribution >= 4 is 11.3 Å². The fraction of sp³-hybridized carbons (Fsp3) is 0.286. The Morgan fingerprint density at radius 1 is 1.05 bits per heavy atom. The lowest BCUT2D eigenvalue weighted by Gasteiger charge is -2.06.